The molecule has 1 amide bonds. The molecule has 0 aliphatic carbocycles. The summed E-state index contributed by atoms with van der Waals surface area (Å²) in [5, 5.41) is 8.41. The predicted molar refractivity (Wildman–Crippen MR) is 117 cm³/mol. The second kappa shape index (κ2) is 12.2. The standard InChI is InChI=1S/C19H20F4N4O2.HI/c1-24-18(26-11-17(28)27-15-6-4-14(20)5-7-15)25-10-13-2-8-16(9-3-13)29-12-19(21,22)23;/h2-9H,10-12H2,1H3,(H,27,28)(H2,24,25,26);1H. The zero-order chi connectivity index (χ0) is 21.3. The average Bonchev–Trinajstić information content (AvgIpc) is 2.68. The molecule has 0 atom stereocenters. The number of hydrogen-bond donors (Lipinski definition) is 3. The monoisotopic (exact) mass is 540 g/mol. The normalized spacial score (nSPS) is 11.3. The van der Waals surface area contributed by atoms with Gasteiger partial charge in [0.25, 0.3) is 0 Å². The highest BCUT2D eigenvalue weighted by molar-refractivity contribution is 14.0. The van der Waals surface area contributed by atoms with Gasteiger partial charge in [-0.05, 0) is 42.0 Å². The summed E-state index contributed by atoms with van der Waals surface area (Å²) in [6.07, 6.45) is -4.39. The van der Waals surface area contributed by atoms with Crippen LogP contribution < -0.4 is 20.7 Å². The third kappa shape index (κ3) is 9.76. The Balaban J connectivity index is 0.00000450. The number of guanidine groups is 1. The topological polar surface area (TPSA) is 74.8 Å². The van der Waals surface area contributed by atoms with Crippen molar-refractivity contribution in [1.82, 2.24) is 10.6 Å². The minimum Gasteiger partial charge on any atom is -0.484 e. The number of carbonyl (C=O) groups is 1. The summed E-state index contributed by atoms with van der Waals surface area (Å²) < 4.78 is 53.9. The fourth-order valence-electron chi connectivity index (χ4n) is 2.18. The largest absolute Gasteiger partial charge is 0.484 e. The van der Waals surface area contributed by atoms with Crippen LogP contribution in [0.2, 0.25) is 0 Å². The van der Waals surface area contributed by atoms with Gasteiger partial charge in [0.2, 0.25) is 5.91 Å². The number of hydrogen-bond acceptors (Lipinski definition) is 3. The van der Waals surface area contributed by atoms with E-state index in [1.807, 2.05) is 0 Å². The lowest BCUT2D eigenvalue weighted by molar-refractivity contribution is -0.153. The molecule has 0 aliphatic heterocycles. The Bertz CT molecular complexity index is 828. The number of halogens is 5. The first kappa shape index (κ1) is 25.5. The highest BCUT2D eigenvalue weighted by Gasteiger charge is 2.28. The molecule has 2 aromatic rings. The number of nitrogens with zero attached hydrogens (tertiary/aromatic N) is 1. The first-order chi connectivity index (χ1) is 13.7. The van der Waals surface area contributed by atoms with Crippen LogP contribution >= 0.6 is 24.0 Å². The fraction of sp³-hybridized carbons (Fsp3) is 0.263. The van der Waals surface area contributed by atoms with Crippen molar-refractivity contribution in [3.8, 4) is 5.75 Å². The number of benzene rings is 2. The molecule has 0 saturated heterocycles. The first-order valence-corrected chi connectivity index (χ1v) is 8.53. The summed E-state index contributed by atoms with van der Waals surface area (Å²) in [6.45, 7) is -1.08. The van der Waals surface area contributed by atoms with E-state index in [-0.39, 0.29) is 42.2 Å². The Morgan fingerprint density at radius 2 is 1.67 bits per heavy atom. The number of amides is 1. The van der Waals surface area contributed by atoms with Crippen LogP contribution in [-0.2, 0) is 11.3 Å². The third-order valence-electron chi connectivity index (χ3n) is 3.55. The van der Waals surface area contributed by atoms with Gasteiger partial charge in [-0.1, -0.05) is 12.1 Å². The van der Waals surface area contributed by atoms with Crippen molar-refractivity contribution < 1.29 is 27.1 Å². The summed E-state index contributed by atoms with van der Waals surface area (Å²) in [7, 11) is 1.53. The van der Waals surface area contributed by atoms with Crippen LogP contribution in [0.3, 0.4) is 0 Å². The Morgan fingerprint density at radius 1 is 1.03 bits per heavy atom. The van der Waals surface area contributed by atoms with Gasteiger partial charge in [-0.15, -0.1) is 24.0 Å². The van der Waals surface area contributed by atoms with Crippen LogP contribution in [0, 0.1) is 5.82 Å². The maximum Gasteiger partial charge on any atom is 0.422 e. The summed E-state index contributed by atoms with van der Waals surface area (Å²) in [4.78, 5) is 15.9. The molecule has 0 fully saturated rings. The van der Waals surface area contributed by atoms with Crippen molar-refractivity contribution in [2.45, 2.75) is 12.7 Å². The summed E-state index contributed by atoms with van der Waals surface area (Å²) in [5.74, 6) is -0.265. The van der Waals surface area contributed by atoms with E-state index in [9.17, 15) is 22.4 Å². The van der Waals surface area contributed by atoms with Crippen molar-refractivity contribution >= 4 is 41.5 Å². The molecule has 6 nitrogen and oxygen atoms in total. The maximum absolute atomic E-state index is 12.9. The predicted octanol–water partition coefficient (Wildman–Crippen LogP) is 3.69. The van der Waals surface area contributed by atoms with Gasteiger partial charge >= 0.3 is 6.18 Å². The lowest BCUT2D eigenvalue weighted by Gasteiger charge is -2.13. The van der Waals surface area contributed by atoms with E-state index in [1.54, 1.807) is 12.1 Å². The number of nitrogens with one attached hydrogen (secondary N) is 3. The molecule has 0 radical (unpaired) electrons. The van der Waals surface area contributed by atoms with Crippen LogP contribution in [0.25, 0.3) is 0 Å². The number of alkyl halides is 3. The molecule has 2 rings (SSSR count). The number of rotatable bonds is 7. The number of anilines is 1. The van der Waals surface area contributed by atoms with E-state index in [2.05, 4.69) is 25.7 Å². The van der Waals surface area contributed by atoms with Crippen LogP contribution in [0.1, 0.15) is 5.56 Å². The molecule has 0 aromatic heterocycles. The smallest absolute Gasteiger partial charge is 0.422 e. The molecule has 0 aliphatic rings. The second-order valence-corrected chi connectivity index (χ2v) is 5.88. The molecule has 0 bridgehead atoms. The van der Waals surface area contributed by atoms with Gasteiger partial charge < -0.3 is 20.7 Å². The summed E-state index contributed by atoms with van der Waals surface area (Å²) >= 11 is 0. The molecule has 164 valence electrons. The lowest BCUT2D eigenvalue weighted by atomic mass is 10.2. The van der Waals surface area contributed by atoms with Gasteiger partial charge in [0.05, 0.1) is 6.54 Å². The van der Waals surface area contributed by atoms with Crippen molar-refractivity contribution in [2.24, 2.45) is 4.99 Å². The molecule has 30 heavy (non-hydrogen) atoms. The fourth-order valence-corrected chi connectivity index (χ4v) is 2.18. The molecular formula is C19H21F4IN4O2. The number of aliphatic imine (C=N–C) groups is 1. The summed E-state index contributed by atoms with van der Waals surface area (Å²) in [6, 6.07) is 11.5. The van der Waals surface area contributed by atoms with Crippen molar-refractivity contribution in [2.75, 3.05) is 25.5 Å². The van der Waals surface area contributed by atoms with Crippen molar-refractivity contribution in [1.29, 1.82) is 0 Å². The summed E-state index contributed by atoms with van der Waals surface area (Å²) in [5.41, 5.74) is 1.25. The molecule has 2 aromatic carbocycles. The lowest BCUT2D eigenvalue weighted by Crippen LogP contribution is -2.41. The van der Waals surface area contributed by atoms with Crippen LogP contribution in [-0.4, -0.2) is 38.2 Å². The Kier molecular flexibility index (Phi) is 10.4. The Hall–Kier alpha value is -2.57. The van der Waals surface area contributed by atoms with Crippen LogP contribution in [0.5, 0.6) is 5.75 Å². The van der Waals surface area contributed by atoms with Crippen LogP contribution in [0.15, 0.2) is 53.5 Å². The van der Waals surface area contributed by atoms with Gasteiger partial charge in [-0.3, -0.25) is 9.79 Å². The van der Waals surface area contributed by atoms with Gasteiger partial charge in [0.1, 0.15) is 11.6 Å². The average molecular weight is 540 g/mol. The Morgan fingerprint density at radius 3 is 2.23 bits per heavy atom. The van der Waals surface area contributed by atoms with Gasteiger partial charge in [0, 0.05) is 19.3 Å². The minimum absolute atomic E-state index is 0. The van der Waals surface area contributed by atoms with E-state index in [1.165, 1.54) is 43.4 Å². The van der Waals surface area contributed by atoms with Crippen LogP contribution in [0.4, 0.5) is 23.2 Å². The van der Waals surface area contributed by atoms with Gasteiger partial charge in [-0.2, -0.15) is 13.2 Å². The molecular weight excluding hydrogens is 519 g/mol. The first-order valence-electron chi connectivity index (χ1n) is 8.53. The van der Waals surface area contributed by atoms with Crippen molar-refractivity contribution in [3.05, 3.63) is 59.9 Å². The SMILES string of the molecule is CN=C(NCC(=O)Nc1ccc(F)cc1)NCc1ccc(OCC(F)(F)F)cc1.I. The molecule has 11 heteroatoms. The molecule has 3 N–H and O–H groups in total. The maximum atomic E-state index is 12.9. The molecule has 0 heterocycles. The highest BCUT2D eigenvalue weighted by Crippen LogP contribution is 2.18. The van der Waals surface area contributed by atoms with Gasteiger partial charge in [0.15, 0.2) is 12.6 Å². The molecule has 0 unspecified atom stereocenters. The van der Waals surface area contributed by atoms with Gasteiger partial charge in [-0.25, -0.2) is 4.39 Å². The molecule has 0 spiro atoms. The van der Waals surface area contributed by atoms with E-state index in [4.69, 9.17) is 0 Å². The number of carbonyl (C=O) groups excluding carboxylic acids is 1. The molecule has 0 saturated carbocycles. The Labute approximate surface area is 188 Å². The zero-order valence-electron chi connectivity index (χ0n) is 15.9. The third-order valence-corrected chi connectivity index (χ3v) is 3.55. The van der Waals surface area contributed by atoms with E-state index in [0.29, 0.717) is 18.2 Å². The van der Waals surface area contributed by atoms with E-state index >= 15 is 0 Å². The van der Waals surface area contributed by atoms with E-state index < -0.39 is 18.6 Å². The van der Waals surface area contributed by atoms with E-state index in [0.717, 1.165) is 5.56 Å². The quantitative estimate of drug-likeness (QED) is 0.217. The highest BCUT2D eigenvalue weighted by atomic mass is 127. The van der Waals surface area contributed by atoms with Crippen molar-refractivity contribution in [3.63, 3.8) is 0 Å². The number of ether oxygens (including phenoxy) is 1. The second-order valence-electron chi connectivity index (χ2n) is 5.88. The minimum atomic E-state index is -4.39. The zero-order valence-corrected chi connectivity index (χ0v) is 18.3.